The minimum atomic E-state index is -0.779. The SMILES string of the molecule is CC(C)(C)c1ccc(N(c2ccc3c(c2)CCC3)c2cc3c(c4oc5ccccc5c24)-c2c(cc(N(C4=CCC(C(C)(C)C)C=C4)c4ccc5c(c4)CCC5)c4c2oc2ccccc24)C32c3ccccc3-c3ccccc32)cc1. The van der Waals surface area contributed by atoms with Crippen LogP contribution in [0.4, 0.5) is 28.4 Å². The fourth-order valence-corrected chi connectivity index (χ4v) is 14.9. The summed E-state index contributed by atoms with van der Waals surface area (Å²) in [5, 5.41) is 4.39. The average Bonchev–Trinajstić information content (AvgIpc) is 2.48. The Labute approximate surface area is 463 Å². The van der Waals surface area contributed by atoms with Crippen LogP contribution in [0.2, 0.25) is 0 Å². The molecule has 0 bridgehead atoms. The summed E-state index contributed by atoms with van der Waals surface area (Å²) >= 11 is 0. The molecule has 4 nitrogen and oxygen atoms in total. The van der Waals surface area contributed by atoms with Crippen LogP contribution in [0.25, 0.3) is 66.1 Å². The fraction of sp³-hybridized carbons (Fsp3) is 0.227. The van der Waals surface area contributed by atoms with E-state index in [1.165, 1.54) is 85.4 Å². The lowest BCUT2D eigenvalue weighted by atomic mass is 9.70. The molecule has 79 heavy (non-hydrogen) atoms. The van der Waals surface area contributed by atoms with Crippen molar-refractivity contribution in [1.29, 1.82) is 0 Å². The van der Waals surface area contributed by atoms with Gasteiger partial charge in [-0.3, -0.25) is 0 Å². The van der Waals surface area contributed by atoms with E-state index < -0.39 is 5.41 Å². The van der Waals surface area contributed by atoms with Gasteiger partial charge in [0.1, 0.15) is 22.3 Å². The van der Waals surface area contributed by atoms with Crippen LogP contribution >= 0.6 is 0 Å². The molecular formula is C75H64N2O2. The van der Waals surface area contributed by atoms with Crippen LogP contribution < -0.4 is 9.80 Å². The molecule has 4 heteroatoms. The quantitative estimate of drug-likeness (QED) is 0.166. The predicted molar refractivity (Wildman–Crippen MR) is 328 cm³/mol. The Morgan fingerprint density at radius 1 is 0.468 bits per heavy atom. The lowest BCUT2D eigenvalue weighted by Gasteiger charge is -2.35. The second-order valence-electron chi connectivity index (χ2n) is 25.4. The summed E-state index contributed by atoms with van der Waals surface area (Å²) in [5.41, 5.74) is 26.5. The third-order valence-corrected chi connectivity index (χ3v) is 18.9. The lowest BCUT2D eigenvalue weighted by Crippen LogP contribution is -2.27. The number of para-hydroxylation sites is 2. The van der Waals surface area contributed by atoms with E-state index in [9.17, 15) is 0 Å². The van der Waals surface area contributed by atoms with Gasteiger partial charge in [-0.15, -0.1) is 0 Å². The molecule has 2 aromatic heterocycles. The van der Waals surface area contributed by atoms with Crippen molar-refractivity contribution in [2.24, 2.45) is 11.3 Å². The Kier molecular flexibility index (Phi) is 9.96. The number of furan rings is 2. The van der Waals surface area contributed by atoms with Crippen molar-refractivity contribution in [2.75, 3.05) is 9.80 Å². The van der Waals surface area contributed by atoms with E-state index in [2.05, 4.69) is 239 Å². The zero-order valence-electron chi connectivity index (χ0n) is 46.1. The van der Waals surface area contributed by atoms with Crippen LogP contribution in [-0.2, 0) is 36.5 Å². The van der Waals surface area contributed by atoms with E-state index in [1.807, 2.05) is 0 Å². The van der Waals surface area contributed by atoms with Gasteiger partial charge in [-0.25, -0.2) is 0 Å². The Hall–Kier alpha value is -8.34. The first-order chi connectivity index (χ1) is 38.4. The third-order valence-electron chi connectivity index (χ3n) is 18.9. The first kappa shape index (κ1) is 46.7. The largest absolute Gasteiger partial charge is 0.455 e. The Morgan fingerprint density at radius 3 is 1.47 bits per heavy atom. The van der Waals surface area contributed by atoms with Gasteiger partial charge in [0.15, 0.2) is 0 Å². The minimum Gasteiger partial charge on any atom is -0.455 e. The van der Waals surface area contributed by atoms with Gasteiger partial charge in [-0.1, -0.05) is 163 Å². The molecule has 1 atom stereocenters. The second-order valence-corrected chi connectivity index (χ2v) is 25.4. The number of hydrogen-bond donors (Lipinski definition) is 0. The number of aryl methyl sites for hydroxylation is 4. The lowest BCUT2D eigenvalue weighted by molar-refractivity contribution is 0.293. The highest BCUT2D eigenvalue weighted by Crippen LogP contribution is 2.68. The average molecular weight is 1030 g/mol. The van der Waals surface area contributed by atoms with Gasteiger partial charge < -0.3 is 18.6 Å². The third kappa shape index (κ3) is 6.73. The topological polar surface area (TPSA) is 32.8 Å². The van der Waals surface area contributed by atoms with Crippen molar-refractivity contribution in [3.05, 3.63) is 244 Å². The number of nitrogens with zero attached hydrogens (tertiary/aromatic N) is 2. The van der Waals surface area contributed by atoms with Crippen molar-refractivity contribution in [2.45, 2.75) is 97.3 Å². The first-order valence-corrected chi connectivity index (χ1v) is 28.9. The van der Waals surface area contributed by atoms with E-state index >= 15 is 0 Å². The van der Waals surface area contributed by atoms with Gasteiger partial charge >= 0.3 is 0 Å². The maximum Gasteiger partial charge on any atom is 0.145 e. The number of hydrogen-bond acceptors (Lipinski definition) is 4. The Balaban J connectivity index is 1.07. The first-order valence-electron chi connectivity index (χ1n) is 28.9. The molecule has 0 aliphatic heterocycles. The molecule has 0 fully saturated rings. The number of rotatable bonds is 6. The Morgan fingerprint density at radius 2 is 0.949 bits per heavy atom. The number of allylic oxidation sites excluding steroid dienone is 3. The van der Waals surface area contributed by atoms with Crippen LogP contribution in [0, 0.1) is 11.3 Å². The van der Waals surface area contributed by atoms with E-state index in [1.54, 1.807) is 0 Å². The normalized spacial score (nSPS) is 16.6. The second kappa shape index (κ2) is 16.8. The standard InChI is InChI=1S/C75H64N2O2/c1-73(2,3)49-31-37-51(38-32-49)76(53-35-29-45-17-15-19-47(45)41-53)63-43-61-69(71-67(63)57-23-9-13-27-65(57)78-71)70-62(75(61)59-25-11-7-21-55(59)56-22-8-12-26-60(56)75)44-64(68-58-24-10-14-28-66(58)79-72(68)70)77(52-39-33-50(34-40-52)74(4,5)6)54-36-30-46-18-16-20-48(46)42-54/h7-14,21-33,35-44,50H,15-20,34H2,1-6H3. The summed E-state index contributed by atoms with van der Waals surface area (Å²) in [6.45, 7) is 14.0. The number of fused-ring (bicyclic) bond motifs is 20. The van der Waals surface area contributed by atoms with Gasteiger partial charge in [0.05, 0.1) is 27.6 Å². The number of benzene rings is 9. The van der Waals surface area contributed by atoms with E-state index in [0.717, 1.165) is 110 Å². The predicted octanol–water partition coefficient (Wildman–Crippen LogP) is 20.2. The van der Waals surface area contributed by atoms with Gasteiger partial charge in [0, 0.05) is 44.7 Å². The van der Waals surface area contributed by atoms with E-state index in [0.29, 0.717) is 5.92 Å². The summed E-state index contributed by atoms with van der Waals surface area (Å²) in [6.07, 6.45) is 15.1. The highest BCUT2D eigenvalue weighted by Gasteiger charge is 2.55. The van der Waals surface area contributed by atoms with Crippen LogP contribution in [0.15, 0.2) is 203 Å². The molecule has 0 amide bonds. The summed E-state index contributed by atoms with van der Waals surface area (Å²) in [4.78, 5) is 5.13. The molecular weight excluding hydrogens is 961 g/mol. The highest BCUT2D eigenvalue weighted by molar-refractivity contribution is 6.25. The van der Waals surface area contributed by atoms with Crippen molar-refractivity contribution in [1.82, 2.24) is 0 Å². The highest BCUT2D eigenvalue weighted by atomic mass is 16.3. The van der Waals surface area contributed by atoms with Gasteiger partial charge in [0.25, 0.3) is 0 Å². The van der Waals surface area contributed by atoms with E-state index in [-0.39, 0.29) is 10.8 Å². The van der Waals surface area contributed by atoms with Crippen molar-refractivity contribution < 1.29 is 8.83 Å². The number of anilines is 5. The molecule has 2 heterocycles. The molecule has 1 spiro atoms. The smallest absolute Gasteiger partial charge is 0.145 e. The van der Waals surface area contributed by atoms with Crippen molar-refractivity contribution in [3.63, 3.8) is 0 Å². The summed E-state index contributed by atoms with van der Waals surface area (Å²) in [7, 11) is 0. The molecule has 386 valence electrons. The van der Waals surface area contributed by atoms with Crippen LogP contribution in [-0.4, -0.2) is 0 Å². The fourth-order valence-electron chi connectivity index (χ4n) is 14.9. The van der Waals surface area contributed by atoms with E-state index in [4.69, 9.17) is 8.83 Å². The van der Waals surface area contributed by atoms with Crippen LogP contribution in [0.1, 0.15) is 111 Å². The van der Waals surface area contributed by atoms with Gasteiger partial charge in [-0.2, -0.15) is 0 Å². The summed E-state index contributed by atoms with van der Waals surface area (Å²) in [5.74, 6) is 0.422. The zero-order chi connectivity index (χ0) is 53.1. The maximum atomic E-state index is 7.58. The van der Waals surface area contributed by atoms with Gasteiger partial charge in [0.2, 0.25) is 0 Å². The molecule has 11 aromatic rings. The maximum absolute atomic E-state index is 7.58. The minimum absolute atomic E-state index is 0.00441. The summed E-state index contributed by atoms with van der Waals surface area (Å²) in [6, 6.07) is 64.9. The van der Waals surface area contributed by atoms with Gasteiger partial charge in [-0.05, 0) is 190 Å². The Bertz CT molecular complexity index is 4400. The molecule has 0 saturated carbocycles. The summed E-state index contributed by atoms with van der Waals surface area (Å²) < 4.78 is 15.2. The molecule has 16 rings (SSSR count). The molecule has 1 unspecified atom stereocenters. The molecule has 0 radical (unpaired) electrons. The van der Waals surface area contributed by atoms with Crippen molar-refractivity contribution in [3.8, 4) is 22.3 Å². The molecule has 0 saturated heterocycles. The van der Waals surface area contributed by atoms with Crippen LogP contribution in [0.3, 0.4) is 0 Å². The molecule has 0 N–H and O–H groups in total. The van der Waals surface area contributed by atoms with Crippen molar-refractivity contribution >= 4 is 72.3 Å². The molecule has 9 aromatic carbocycles. The zero-order valence-corrected chi connectivity index (χ0v) is 46.1. The monoisotopic (exact) mass is 1020 g/mol. The van der Waals surface area contributed by atoms with Crippen LogP contribution in [0.5, 0.6) is 0 Å². The molecule has 5 aliphatic rings. The molecule has 5 aliphatic carbocycles.